The number of nitrogens with zero attached hydrogens (tertiary/aromatic N) is 4. The van der Waals surface area contributed by atoms with E-state index in [9.17, 15) is 0 Å². The van der Waals surface area contributed by atoms with Crippen LogP contribution in [0.2, 0.25) is 0 Å². The summed E-state index contributed by atoms with van der Waals surface area (Å²) in [5.74, 6) is 1.01. The van der Waals surface area contributed by atoms with Gasteiger partial charge in [0.15, 0.2) is 5.58 Å². The minimum Gasteiger partial charge on any atom is -0.424 e. The van der Waals surface area contributed by atoms with Gasteiger partial charge in [0.1, 0.15) is 11.3 Å². The number of pyridine rings is 2. The number of nitrogens with two attached hydrogens (primary N) is 1. The summed E-state index contributed by atoms with van der Waals surface area (Å²) in [6.07, 6.45) is 5.71. The molecule has 29 heavy (non-hydrogen) atoms. The number of hydrogen-bond acceptors (Lipinski definition) is 7. The topological polar surface area (TPSA) is 90.3 Å². The molecule has 3 aliphatic heterocycles. The minimum atomic E-state index is 0.177. The SMILES string of the molecule is Nc1nc2cc(-c3cnc4ccc(N5CC6CCCC5CO6)nc4c3)ccc2o1. The molecule has 3 aliphatic rings. The first-order chi connectivity index (χ1) is 14.2. The standard InChI is InChI=1S/C22H21N5O2/c23-22-26-19-8-13(4-6-20(19)29-22)14-9-18-17(24-10-14)5-7-21(25-18)27-11-16-3-1-2-15(27)12-28-16/h4-10,15-16H,1-3,11-12H2,(H2,23,26). The Morgan fingerprint density at radius 2 is 1.90 bits per heavy atom. The molecule has 2 bridgehead atoms. The van der Waals surface area contributed by atoms with Crippen LogP contribution in [0.5, 0.6) is 0 Å². The molecule has 146 valence electrons. The van der Waals surface area contributed by atoms with Gasteiger partial charge in [-0.2, -0.15) is 4.98 Å². The third-order valence-corrected chi connectivity index (χ3v) is 5.98. The van der Waals surface area contributed by atoms with Gasteiger partial charge in [-0.3, -0.25) is 4.98 Å². The van der Waals surface area contributed by atoms with Crippen LogP contribution in [-0.2, 0) is 4.74 Å². The lowest BCUT2D eigenvalue weighted by molar-refractivity contribution is 0.0305. The summed E-state index contributed by atoms with van der Waals surface area (Å²) in [4.78, 5) is 16.2. The zero-order valence-electron chi connectivity index (χ0n) is 15.9. The van der Waals surface area contributed by atoms with Crippen LogP contribution < -0.4 is 10.6 Å². The van der Waals surface area contributed by atoms with Gasteiger partial charge in [0.2, 0.25) is 0 Å². The molecule has 2 atom stereocenters. The summed E-state index contributed by atoms with van der Waals surface area (Å²) in [5.41, 5.74) is 10.9. The van der Waals surface area contributed by atoms with E-state index in [0.29, 0.717) is 17.7 Å². The van der Waals surface area contributed by atoms with Gasteiger partial charge in [0.25, 0.3) is 6.01 Å². The summed E-state index contributed by atoms with van der Waals surface area (Å²) in [7, 11) is 0. The first-order valence-electron chi connectivity index (χ1n) is 10.0. The van der Waals surface area contributed by atoms with Crippen LogP contribution in [0.1, 0.15) is 19.3 Å². The van der Waals surface area contributed by atoms with Crippen molar-refractivity contribution in [1.29, 1.82) is 0 Å². The van der Waals surface area contributed by atoms with Crippen molar-refractivity contribution in [1.82, 2.24) is 15.0 Å². The number of fused-ring (bicyclic) bond motifs is 6. The number of hydrogen-bond donors (Lipinski definition) is 1. The minimum absolute atomic E-state index is 0.177. The summed E-state index contributed by atoms with van der Waals surface area (Å²) in [6.45, 7) is 1.71. The van der Waals surface area contributed by atoms with E-state index in [1.807, 2.05) is 24.4 Å². The fourth-order valence-electron chi connectivity index (χ4n) is 4.47. The first-order valence-corrected chi connectivity index (χ1v) is 10.0. The van der Waals surface area contributed by atoms with Crippen molar-refractivity contribution in [3.63, 3.8) is 0 Å². The van der Waals surface area contributed by atoms with Crippen molar-refractivity contribution in [2.24, 2.45) is 0 Å². The van der Waals surface area contributed by atoms with Gasteiger partial charge in [-0.05, 0) is 55.2 Å². The second-order valence-electron chi connectivity index (χ2n) is 7.86. The Bertz CT molecular complexity index is 1220. The van der Waals surface area contributed by atoms with Crippen LogP contribution in [0.25, 0.3) is 33.3 Å². The van der Waals surface area contributed by atoms with E-state index in [1.165, 1.54) is 6.42 Å². The molecule has 4 aromatic rings. The first kappa shape index (κ1) is 16.7. The van der Waals surface area contributed by atoms with E-state index >= 15 is 0 Å². The highest BCUT2D eigenvalue weighted by molar-refractivity contribution is 5.85. The number of rotatable bonds is 2. The van der Waals surface area contributed by atoms with Crippen molar-refractivity contribution >= 4 is 34.0 Å². The van der Waals surface area contributed by atoms with Gasteiger partial charge < -0.3 is 19.8 Å². The lowest BCUT2D eigenvalue weighted by Gasteiger charge is -2.37. The Morgan fingerprint density at radius 3 is 2.86 bits per heavy atom. The van der Waals surface area contributed by atoms with Crippen LogP contribution in [0.15, 0.2) is 47.0 Å². The number of morpholine rings is 1. The molecule has 0 amide bonds. The van der Waals surface area contributed by atoms with Crippen molar-refractivity contribution < 1.29 is 9.15 Å². The number of benzene rings is 1. The molecule has 2 unspecified atom stereocenters. The Hall–Kier alpha value is -3.19. The molecule has 7 rings (SSSR count). The monoisotopic (exact) mass is 387 g/mol. The molecular weight excluding hydrogens is 366 g/mol. The van der Waals surface area contributed by atoms with Crippen molar-refractivity contribution in [2.75, 3.05) is 23.8 Å². The molecule has 0 aliphatic carbocycles. The number of nitrogen functional groups attached to an aromatic ring is 1. The normalized spacial score (nSPS) is 21.7. The number of aromatic nitrogens is 3. The molecular formula is C22H21N5O2. The molecule has 0 radical (unpaired) electrons. The lowest BCUT2D eigenvalue weighted by Crippen LogP contribution is -2.47. The van der Waals surface area contributed by atoms with Gasteiger partial charge >= 0.3 is 0 Å². The molecule has 6 heterocycles. The molecule has 3 aromatic heterocycles. The van der Waals surface area contributed by atoms with Crippen LogP contribution in [0.4, 0.5) is 11.8 Å². The summed E-state index contributed by atoms with van der Waals surface area (Å²) < 4.78 is 11.3. The number of oxazole rings is 1. The van der Waals surface area contributed by atoms with Gasteiger partial charge in [0, 0.05) is 18.3 Å². The van der Waals surface area contributed by atoms with Crippen molar-refractivity contribution in [3.8, 4) is 11.1 Å². The van der Waals surface area contributed by atoms with Gasteiger partial charge in [-0.15, -0.1) is 0 Å². The maximum absolute atomic E-state index is 5.95. The number of anilines is 2. The Morgan fingerprint density at radius 1 is 0.966 bits per heavy atom. The highest BCUT2D eigenvalue weighted by Crippen LogP contribution is 2.31. The predicted molar refractivity (Wildman–Crippen MR) is 112 cm³/mol. The smallest absolute Gasteiger partial charge is 0.292 e. The number of ether oxygens (including phenoxy) is 1. The third-order valence-electron chi connectivity index (χ3n) is 5.98. The molecule has 7 nitrogen and oxygen atoms in total. The Kier molecular flexibility index (Phi) is 3.70. The van der Waals surface area contributed by atoms with Crippen LogP contribution in [-0.4, -0.2) is 40.2 Å². The second kappa shape index (κ2) is 6.42. The average molecular weight is 387 g/mol. The highest BCUT2D eigenvalue weighted by Gasteiger charge is 2.32. The second-order valence-corrected chi connectivity index (χ2v) is 7.86. The van der Waals surface area contributed by atoms with Gasteiger partial charge in [-0.1, -0.05) is 6.07 Å². The molecule has 0 spiro atoms. The summed E-state index contributed by atoms with van der Waals surface area (Å²) in [5, 5.41) is 0. The molecule has 0 saturated carbocycles. The van der Waals surface area contributed by atoms with E-state index in [2.05, 4.69) is 33.1 Å². The third kappa shape index (κ3) is 2.89. The highest BCUT2D eigenvalue weighted by atomic mass is 16.5. The quantitative estimate of drug-likeness (QED) is 0.560. The zero-order chi connectivity index (χ0) is 19.4. The zero-order valence-corrected chi connectivity index (χ0v) is 15.9. The maximum Gasteiger partial charge on any atom is 0.292 e. The molecule has 1 aromatic carbocycles. The largest absolute Gasteiger partial charge is 0.424 e. The van der Waals surface area contributed by atoms with Crippen LogP contribution in [0.3, 0.4) is 0 Å². The molecule has 7 heteroatoms. The maximum atomic E-state index is 5.95. The molecule has 2 N–H and O–H groups in total. The van der Waals surface area contributed by atoms with Crippen LogP contribution >= 0.6 is 0 Å². The lowest BCUT2D eigenvalue weighted by atomic mass is 10.1. The van der Waals surface area contributed by atoms with Gasteiger partial charge in [0.05, 0.1) is 29.8 Å². The summed E-state index contributed by atoms with van der Waals surface area (Å²) in [6, 6.07) is 12.7. The van der Waals surface area contributed by atoms with E-state index < -0.39 is 0 Å². The van der Waals surface area contributed by atoms with E-state index in [0.717, 1.165) is 59.5 Å². The Balaban J connectivity index is 1.40. The van der Waals surface area contributed by atoms with Crippen LogP contribution in [0, 0.1) is 0 Å². The molecule has 3 fully saturated rings. The molecule has 3 saturated heterocycles. The average Bonchev–Trinajstić information content (AvgIpc) is 2.89. The summed E-state index contributed by atoms with van der Waals surface area (Å²) >= 11 is 0. The van der Waals surface area contributed by atoms with E-state index in [-0.39, 0.29) is 6.01 Å². The van der Waals surface area contributed by atoms with Gasteiger partial charge in [-0.25, -0.2) is 4.98 Å². The van der Waals surface area contributed by atoms with Crippen molar-refractivity contribution in [2.45, 2.75) is 31.4 Å². The van der Waals surface area contributed by atoms with E-state index in [1.54, 1.807) is 0 Å². The Labute approximate surface area is 167 Å². The van der Waals surface area contributed by atoms with Crippen molar-refractivity contribution in [3.05, 3.63) is 42.6 Å². The fraction of sp³-hybridized carbons (Fsp3) is 0.318. The van der Waals surface area contributed by atoms with E-state index in [4.69, 9.17) is 19.9 Å². The predicted octanol–water partition coefficient (Wildman–Crippen LogP) is 3.78. The fourth-order valence-corrected chi connectivity index (χ4v) is 4.47.